The Bertz CT molecular complexity index is 714. The van der Waals surface area contributed by atoms with Crippen molar-refractivity contribution in [3.63, 3.8) is 0 Å². The fourth-order valence-electron chi connectivity index (χ4n) is 2.01. The Morgan fingerprint density at radius 3 is 2.67 bits per heavy atom. The third-order valence-corrected chi connectivity index (χ3v) is 4.70. The van der Waals surface area contributed by atoms with E-state index in [1.54, 1.807) is 7.05 Å². The predicted molar refractivity (Wildman–Crippen MR) is 83.9 cm³/mol. The molecule has 0 radical (unpaired) electrons. The fraction of sp³-hybridized carbons (Fsp3) is 0.267. The monoisotopic (exact) mass is 305 g/mol. The number of hydrogen-bond acceptors (Lipinski definition) is 4. The van der Waals surface area contributed by atoms with E-state index in [2.05, 4.69) is 15.0 Å². The molecule has 2 aromatic rings. The van der Waals surface area contributed by atoms with Crippen LogP contribution in [0, 0.1) is 6.92 Å². The summed E-state index contributed by atoms with van der Waals surface area (Å²) in [4.78, 5) is 4.22. The average molecular weight is 305 g/mol. The summed E-state index contributed by atoms with van der Waals surface area (Å²) >= 11 is 0. The van der Waals surface area contributed by atoms with E-state index >= 15 is 0 Å². The molecule has 0 atom stereocenters. The topological polar surface area (TPSA) is 71.1 Å². The third kappa shape index (κ3) is 4.03. The highest BCUT2D eigenvalue weighted by Gasteiger charge is 2.14. The van der Waals surface area contributed by atoms with Crippen molar-refractivity contribution in [3.05, 3.63) is 53.7 Å². The lowest BCUT2D eigenvalue weighted by Crippen LogP contribution is -2.26. The van der Waals surface area contributed by atoms with Crippen molar-refractivity contribution in [2.45, 2.75) is 18.2 Å². The molecule has 6 heteroatoms. The van der Waals surface area contributed by atoms with Crippen LogP contribution in [0.15, 0.2) is 47.5 Å². The van der Waals surface area contributed by atoms with Crippen LogP contribution in [0.4, 0.5) is 5.82 Å². The molecule has 2 N–H and O–H groups in total. The summed E-state index contributed by atoms with van der Waals surface area (Å²) in [6.45, 7) is 2.39. The van der Waals surface area contributed by atoms with Crippen LogP contribution in [0.2, 0.25) is 0 Å². The highest BCUT2D eigenvalue weighted by Crippen LogP contribution is 2.12. The summed E-state index contributed by atoms with van der Waals surface area (Å²) in [5, 5.41) is 2.83. The third-order valence-electron chi connectivity index (χ3n) is 3.25. The summed E-state index contributed by atoms with van der Waals surface area (Å²) in [6.07, 6.45) is 2.14. The van der Waals surface area contributed by atoms with Crippen LogP contribution >= 0.6 is 0 Å². The molecule has 0 spiro atoms. The number of sulfonamides is 1. The van der Waals surface area contributed by atoms with Crippen LogP contribution in [0.3, 0.4) is 0 Å². The van der Waals surface area contributed by atoms with Crippen molar-refractivity contribution in [2.24, 2.45) is 0 Å². The standard InChI is InChI=1S/C15H19N3O2S/c1-12-5-3-4-6-13(12)7-10-18-21(19,20)14-8-9-17-15(11-14)16-2/h3-6,8-9,11,18H,7,10H2,1-2H3,(H,16,17). The zero-order valence-electron chi connectivity index (χ0n) is 12.1. The molecule has 0 aliphatic heterocycles. The van der Waals surface area contributed by atoms with Crippen molar-refractivity contribution in [3.8, 4) is 0 Å². The number of anilines is 1. The molecule has 0 saturated heterocycles. The Labute approximate surface area is 125 Å². The lowest BCUT2D eigenvalue weighted by molar-refractivity contribution is 0.581. The first-order valence-electron chi connectivity index (χ1n) is 6.71. The first kappa shape index (κ1) is 15.5. The van der Waals surface area contributed by atoms with E-state index in [1.165, 1.54) is 18.3 Å². The van der Waals surface area contributed by atoms with Gasteiger partial charge < -0.3 is 5.32 Å². The second kappa shape index (κ2) is 6.69. The number of hydrogen-bond donors (Lipinski definition) is 2. The molecule has 0 amide bonds. The van der Waals surface area contributed by atoms with Crippen molar-refractivity contribution < 1.29 is 8.42 Å². The van der Waals surface area contributed by atoms with Gasteiger partial charge in [0.1, 0.15) is 5.82 Å². The maximum Gasteiger partial charge on any atom is 0.240 e. The molecule has 5 nitrogen and oxygen atoms in total. The molecule has 0 aliphatic rings. The van der Waals surface area contributed by atoms with Crippen LogP contribution in [0.1, 0.15) is 11.1 Å². The summed E-state index contributed by atoms with van der Waals surface area (Å²) in [5.74, 6) is 0.525. The lowest BCUT2D eigenvalue weighted by atomic mass is 10.1. The van der Waals surface area contributed by atoms with Crippen molar-refractivity contribution in [1.82, 2.24) is 9.71 Å². The lowest BCUT2D eigenvalue weighted by Gasteiger charge is -2.09. The van der Waals surface area contributed by atoms with Gasteiger partial charge in [-0.05, 0) is 30.5 Å². The van der Waals surface area contributed by atoms with E-state index in [9.17, 15) is 8.42 Å². The molecule has 112 valence electrons. The summed E-state index contributed by atoms with van der Waals surface area (Å²) in [5.41, 5.74) is 2.31. The number of benzene rings is 1. The largest absolute Gasteiger partial charge is 0.373 e. The normalized spacial score (nSPS) is 11.3. The number of rotatable bonds is 6. The van der Waals surface area contributed by atoms with Gasteiger partial charge in [-0.2, -0.15) is 0 Å². The van der Waals surface area contributed by atoms with Gasteiger partial charge in [0.25, 0.3) is 0 Å². The van der Waals surface area contributed by atoms with Gasteiger partial charge in [-0.15, -0.1) is 0 Å². The van der Waals surface area contributed by atoms with E-state index in [0.29, 0.717) is 18.8 Å². The highest BCUT2D eigenvalue weighted by atomic mass is 32.2. The Balaban J connectivity index is 2.03. The zero-order chi connectivity index (χ0) is 15.3. The first-order valence-corrected chi connectivity index (χ1v) is 8.19. The SMILES string of the molecule is CNc1cc(S(=O)(=O)NCCc2ccccc2C)ccn1. The molecule has 1 heterocycles. The predicted octanol–water partition coefficient (Wildman–Crippen LogP) is 1.95. The van der Waals surface area contributed by atoms with Gasteiger partial charge in [-0.25, -0.2) is 18.1 Å². The maximum absolute atomic E-state index is 12.2. The molecular formula is C15H19N3O2S. The molecule has 1 aromatic heterocycles. The van der Waals surface area contributed by atoms with E-state index < -0.39 is 10.0 Å². The summed E-state index contributed by atoms with van der Waals surface area (Å²) < 4.78 is 27.0. The van der Waals surface area contributed by atoms with E-state index in [0.717, 1.165) is 11.1 Å². The minimum absolute atomic E-state index is 0.214. The Kier molecular flexibility index (Phi) is 4.93. The molecule has 0 aliphatic carbocycles. The second-order valence-electron chi connectivity index (χ2n) is 4.70. The molecule has 0 saturated carbocycles. The van der Waals surface area contributed by atoms with Crippen LogP contribution in [-0.2, 0) is 16.4 Å². The van der Waals surface area contributed by atoms with Gasteiger partial charge in [0.15, 0.2) is 0 Å². The van der Waals surface area contributed by atoms with Crippen LogP contribution in [0.25, 0.3) is 0 Å². The van der Waals surface area contributed by atoms with Crippen LogP contribution in [-0.4, -0.2) is 27.0 Å². The Morgan fingerprint density at radius 2 is 1.95 bits per heavy atom. The number of nitrogens with zero attached hydrogens (tertiary/aromatic N) is 1. The van der Waals surface area contributed by atoms with Gasteiger partial charge in [0.2, 0.25) is 10.0 Å². The molecule has 0 bridgehead atoms. The van der Waals surface area contributed by atoms with Gasteiger partial charge in [0.05, 0.1) is 4.90 Å². The van der Waals surface area contributed by atoms with E-state index in [-0.39, 0.29) is 4.90 Å². The molecule has 21 heavy (non-hydrogen) atoms. The maximum atomic E-state index is 12.2. The van der Waals surface area contributed by atoms with Gasteiger partial charge in [0, 0.05) is 25.9 Å². The summed E-state index contributed by atoms with van der Waals surface area (Å²) in [7, 11) is -1.81. The van der Waals surface area contributed by atoms with Crippen LogP contribution < -0.4 is 10.0 Å². The summed E-state index contributed by atoms with van der Waals surface area (Å²) in [6, 6.07) is 11.0. The molecular weight excluding hydrogens is 286 g/mol. The van der Waals surface area contributed by atoms with Gasteiger partial charge >= 0.3 is 0 Å². The Hall–Kier alpha value is -1.92. The van der Waals surface area contributed by atoms with Crippen molar-refractivity contribution in [2.75, 3.05) is 18.9 Å². The van der Waals surface area contributed by atoms with E-state index in [1.807, 2.05) is 31.2 Å². The zero-order valence-corrected chi connectivity index (χ0v) is 12.9. The molecule has 1 aromatic carbocycles. The second-order valence-corrected chi connectivity index (χ2v) is 6.47. The van der Waals surface area contributed by atoms with Crippen molar-refractivity contribution >= 4 is 15.8 Å². The minimum Gasteiger partial charge on any atom is -0.373 e. The Morgan fingerprint density at radius 1 is 1.19 bits per heavy atom. The quantitative estimate of drug-likeness (QED) is 0.856. The molecule has 2 rings (SSSR count). The average Bonchev–Trinajstić information content (AvgIpc) is 2.49. The fourth-order valence-corrected chi connectivity index (χ4v) is 3.05. The minimum atomic E-state index is -3.51. The molecule has 0 fully saturated rings. The molecule has 0 unspecified atom stereocenters. The van der Waals surface area contributed by atoms with Gasteiger partial charge in [-0.1, -0.05) is 24.3 Å². The van der Waals surface area contributed by atoms with Gasteiger partial charge in [-0.3, -0.25) is 0 Å². The smallest absolute Gasteiger partial charge is 0.240 e. The van der Waals surface area contributed by atoms with Crippen molar-refractivity contribution in [1.29, 1.82) is 0 Å². The van der Waals surface area contributed by atoms with E-state index in [4.69, 9.17) is 0 Å². The number of aromatic nitrogens is 1. The number of nitrogens with one attached hydrogen (secondary N) is 2. The highest BCUT2D eigenvalue weighted by molar-refractivity contribution is 7.89. The number of pyridine rings is 1. The van der Waals surface area contributed by atoms with Crippen LogP contribution in [0.5, 0.6) is 0 Å². The first-order chi connectivity index (χ1) is 10.0. The number of aryl methyl sites for hydroxylation is 1.